The number of nitrogens with zero attached hydrogens (tertiary/aromatic N) is 2. The molecule has 4 atom stereocenters. The van der Waals surface area contributed by atoms with E-state index in [1.54, 1.807) is 0 Å². The van der Waals surface area contributed by atoms with Crippen molar-refractivity contribution in [3.8, 4) is 0 Å². The van der Waals surface area contributed by atoms with Crippen molar-refractivity contribution < 1.29 is 43.4 Å². The van der Waals surface area contributed by atoms with Gasteiger partial charge in [0.05, 0.1) is 19.5 Å². The van der Waals surface area contributed by atoms with Crippen molar-refractivity contribution in [3.63, 3.8) is 0 Å². The number of rotatable bonds is 4. The summed E-state index contributed by atoms with van der Waals surface area (Å²) < 4.78 is 21.5. The molecule has 1 aromatic rings. The molecule has 0 aromatic carbocycles. The van der Waals surface area contributed by atoms with E-state index < -0.39 is 50.8 Å². The lowest BCUT2D eigenvalue weighted by Crippen LogP contribution is -2.33. The Labute approximate surface area is 139 Å². The number of phosphoric acid groups is 1. The lowest BCUT2D eigenvalue weighted by molar-refractivity contribution is -0.115. The number of nitrogens with one attached hydrogen (secondary N) is 2. The highest BCUT2D eigenvalue weighted by Crippen LogP contribution is 2.39. The van der Waals surface area contributed by atoms with Crippen LogP contribution in [-0.4, -0.2) is 72.8 Å². The van der Waals surface area contributed by atoms with Crippen LogP contribution in [0.4, 0.5) is 5.82 Å². The number of carbonyl (C=O) groups excluding carboxylic acids is 2. The normalized spacial score (nSPS) is 29.8. The van der Waals surface area contributed by atoms with Crippen molar-refractivity contribution in [2.75, 3.05) is 18.5 Å². The number of hydrogen-bond acceptors (Lipinski definition) is 8. The van der Waals surface area contributed by atoms with Gasteiger partial charge in [0, 0.05) is 0 Å². The van der Waals surface area contributed by atoms with Gasteiger partial charge >= 0.3 is 7.82 Å². The molecule has 3 rings (SSSR count). The molecule has 0 bridgehead atoms. The Kier molecular flexibility index (Phi) is 4.64. The van der Waals surface area contributed by atoms with Crippen LogP contribution < -0.4 is 10.6 Å². The first-order chi connectivity index (χ1) is 11.7. The SMILES string of the molecule is O=C1CNC(=O)c2ncn([C@@H]3O[C@H](COP(=O)(O)O)[C@@H](O)[C@H]3O)c2N1. The minimum atomic E-state index is -4.79. The van der Waals surface area contributed by atoms with Gasteiger partial charge in [-0.15, -0.1) is 0 Å². The average Bonchev–Trinajstić information content (AvgIpc) is 3.00. The monoisotopic (exact) mass is 378 g/mol. The third-order valence-corrected chi connectivity index (χ3v) is 4.18. The first-order valence-electron chi connectivity index (χ1n) is 7.04. The van der Waals surface area contributed by atoms with Gasteiger partial charge in [0.2, 0.25) is 5.91 Å². The summed E-state index contributed by atoms with van der Waals surface area (Å²) >= 11 is 0. The number of amides is 2. The van der Waals surface area contributed by atoms with E-state index in [2.05, 4.69) is 20.1 Å². The topological polar surface area (TPSA) is 192 Å². The van der Waals surface area contributed by atoms with Gasteiger partial charge in [0.15, 0.2) is 11.9 Å². The molecular weight excluding hydrogens is 363 g/mol. The fourth-order valence-corrected chi connectivity index (χ4v) is 2.87. The van der Waals surface area contributed by atoms with Crippen molar-refractivity contribution >= 4 is 25.5 Å². The van der Waals surface area contributed by atoms with E-state index in [0.717, 1.165) is 10.9 Å². The zero-order chi connectivity index (χ0) is 18.4. The molecule has 0 radical (unpaired) electrons. The summed E-state index contributed by atoms with van der Waals surface area (Å²) in [7, 11) is -4.79. The maximum Gasteiger partial charge on any atom is 0.469 e. The van der Waals surface area contributed by atoms with Gasteiger partial charge in [-0.1, -0.05) is 0 Å². The second-order valence-corrected chi connectivity index (χ2v) is 6.65. The highest BCUT2D eigenvalue weighted by Gasteiger charge is 2.46. The minimum absolute atomic E-state index is 0.0344. The number of phosphoric ester groups is 1. The minimum Gasteiger partial charge on any atom is -0.387 e. The smallest absolute Gasteiger partial charge is 0.387 e. The molecule has 14 heteroatoms. The van der Waals surface area contributed by atoms with Crippen LogP contribution in [0.5, 0.6) is 0 Å². The molecule has 6 N–H and O–H groups in total. The van der Waals surface area contributed by atoms with Crippen molar-refractivity contribution in [2.45, 2.75) is 24.5 Å². The van der Waals surface area contributed by atoms with Gasteiger partial charge in [-0.3, -0.25) is 18.7 Å². The molecule has 0 aliphatic carbocycles. The van der Waals surface area contributed by atoms with Crippen LogP contribution in [0.2, 0.25) is 0 Å². The van der Waals surface area contributed by atoms with Crippen molar-refractivity contribution in [2.24, 2.45) is 0 Å². The molecule has 3 heterocycles. The maximum atomic E-state index is 11.9. The first-order valence-corrected chi connectivity index (χ1v) is 8.57. The zero-order valence-electron chi connectivity index (χ0n) is 12.5. The molecule has 1 aromatic heterocycles. The number of aliphatic hydroxyl groups excluding tert-OH is 2. The van der Waals surface area contributed by atoms with Gasteiger partial charge in [-0.05, 0) is 0 Å². The fraction of sp³-hybridized carbons (Fsp3) is 0.545. The molecule has 13 nitrogen and oxygen atoms in total. The molecule has 2 aliphatic rings. The summed E-state index contributed by atoms with van der Waals surface area (Å²) in [6.45, 7) is -0.937. The predicted molar refractivity (Wildman–Crippen MR) is 77.1 cm³/mol. The summed E-state index contributed by atoms with van der Waals surface area (Å²) in [5.74, 6) is -1.17. The van der Waals surface area contributed by atoms with Crippen LogP contribution >= 0.6 is 7.82 Å². The first kappa shape index (κ1) is 17.9. The Morgan fingerprint density at radius 2 is 2.08 bits per heavy atom. The molecule has 2 amide bonds. The standard InChI is InChI=1S/C11H15N4O9P/c16-5-1-12-10(19)6-9(14-5)15(3-13-6)11-8(18)7(17)4(24-11)2-23-25(20,21)22/h3-4,7-8,11,17-18H,1-2H2,(H,12,19)(H,14,16)(H2,20,21,22)/t4-,7-,8-,11-/m1/s1. The van der Waals surface area contributed by atoms with Gasteiger partial charge in [-0.2, -0.15) is 0 Å². The average molecular weight is 378 g/mol. The van der Waals surface area contributed by atoms with Crippen LogP contribution in [0.1, 0.15) is 16.7 Å². The Hall–Kier alpha value is -1.86. The summed E-state index contributed by atoms with van der Waals surface area (Å²) in [5, 5.41) is 24.9. The van der Waals surface area contributed by atoms with Gasteiger partial charge in [0.1, 0.15) is 24.1 Å². The molecule has 138 valence electrons. The van der Waals surface area contributed by atoms with E-state index in [0.29, 0.717) is 0 Å². The lowest BCUT2D eigenvalue weighted by atomic mass is 10.1. The highest BCUT2D eigenvalue weighted by atomic mass is 31.2. The number of imidazole rings is 1. The number of aromatic nitrogens is 2. The van der Waals surface area contributed by atoms with Crippen molar-refractivity contribution in [1.82, 2.24) is 14.9 Å². The summed E-state index contributed by atoms with van der Waals surface area (Å²) in [6.07, 6.45) is -4.43. The molecule has 1 fully saturated rings. The molecule has 25 heavy (non-hydrogen) atoms. The van der Waals surface area contributed by atoms with Gasteiger partial charge in [0.25, 0.3) is 5.91 Å². The van der Waals surface area contributed by atoms with Crippen LogP contribution in [0.3, 0.4) is 0 Å². The van der Waals surface area contributed by atoms with Crippen LogP contribution in [-0.2, 0) is 18.6 Å². The number of ether oxygens (including phenoxy) is 1. The van der Waals surface area contributed by atoms with E-state index >= 15 is 0 Å². The fourth-order valence-electron chi connectivity index (χ4n) is 2.53. The van der Waals surface area contributed by atoms with Gasteiger partial charge < -0.3 is 35.4 Å². The van der Waals surface area contributed by atoms with E-state index in [4.69, 9.17) is 14.5 Å². The Morgan fingerprint density at radius 3 is 2.76 bits per heavy atom. The Balaban J connectivity index is 1.84. The van der Waals surface area contributed by atoms with E-state index in [1.807, 2.05) is 0 Å². The Morgan fingerprint density at radius 1 is 1.36 bits per heavy atom. The van der Waals surface area contributed by atoms with Crippen molar-refractivity contribution in [3.05, 3.63) is 12.0 Å². The summed E-state index contributed by atoms with van der Waals surface area (Å²) in [4.78, 5) is 44.8. The van der Waals surface area contributed by atoms with Crippen LogP contribution in [0, 0.1) is 0 Å². The summed E-state index contributed by atoms with van der Waals surface area (Å²) in [6, 6.07) is 0. The third-order valence-electron chi connectivity index (χ3n) is 3.69. The number of aliphatic hydroxyl groups is 2. The number of anilines is 1. The molecule has 2 aliphatic heterocycles. The summed E-state index contributed by atoms with van der Waals surface area (Å²) in [5.41, 5.74) is -0.106. The van der Waals surface area contributed by atoms with Crippen LogP contribution in [0.15, 0.2) is 6.33 Å². The van der Waals surface area contributed by atoms with Crippen LogP contribution in [0.25, 0.3) is 0 Å². The lowest BCUT2D eigenvalue weighted by Gasteiger charge is -2.19. The largest absolute Gasteiger partial charge is 0.469 e. The molecule has 0 saturated carbocycles. The second-order valence-electron chi connectivity index (χ2n) is 5.41. The Bertz CT molecular complexity index is 746. The highest BCUT2D eigenvalue weighted by molar-refractivity contribution is 7.46. The zero-order valence-corrected chi connectivity index (χ0v) is 13.4. The molecule has 0 spiro atoms. The predicted octanol–water partition coefficient (Wildman–Crippen LogP) is -2.71. The van der Waals surface area contributed by atoms with E-state index in [-0.39, 0.29) is 18.1 Å². The van der Waals surface area contributed by atoms with Crippen molar-refractivity contribution in [1.29, 1.82) is 0 Å². The quantitative estimate of drug-likeness (QED) is 0.300. The second kappa shape index (κ2) is 6.46. The molecule has 1 saturated heterocycles. The molecule has 0 unspecified atom stereocenters. The maximum absolute atomic E-state index is 11.9. The number of hydrogen-bond donors (Lipinski definition) is 6. The van der Waals surface area contributed by atoms with E-state index in [1.165, 1.54) is 0 Å². The number of carbonyl (C=O) groups is 2. The number of fused-ring (bicyclic) bond motifs is 1. The molecular formula is C11H15N4O9P. The van der Waals surface area contributed by atoms with E-state index in [9.17, 15) is 24.4 Å². The third kappa shape index (κ3) is 3.57. The van der Waals surface area contributed by atoms with Gasteiger partial charge in [-0.25, -0.2) is 9.55 Å².